The Hall–Kier alpha value is -2.66. The third kappa shape index (κ3) is 6.87. The van der Waals surface area contributed by atoms with E-state index in [0.29, 0.717) is 29.3 Å². The van der Waals surface area contributed by atoms with Crippen LogP contribution in [0.15, 0.2) is 53.6 Å². The number of rotatable bonds is 8. The van der Waals surface area contributed by atoms with E-state index >= 15 is 0 Å². The molecule has 0 heterocycles. The molecule has 0 unspecified atom stereocenters. The number of carbonyl (C=O) groups is 2. The first-order chi connectivity index (χ1) is 13.0. The predicted molar refractivity (Wildman–Crippen MR) is 107 cm³/mol. The molecule has 1 N–H and O–H groups in total. The number of aryl methyl sites for hydroxylation is 1. The van der Waals surface area contributed by atoms with Crippen molar-refractivity contribution in [2.24, 2.45) is 5.10 Å². The van der Waals surface area contributed by atoms with Crippen molar-refractivity contribution in [1.82, 2.24) is 5.43 Å². The fraction of sp³-hybridized carbons (Fsp3) is 0.286. The average Bonchev–Trinajstić information content (AvgIpc) is 2.67. The summed E-state index contributed by atoms with van der Waals surface area (Å²) < 4.78 is 4.92. The molecular formula is C21H23ClN2O3. The Morgan fingerprint density at radius 3 is 2.30 bits per heavy atom. The van der Waals surface area contributed by atoms with E-state index in [1.165, 1.54) is 0 Å². The number of nitrogens with zero attached hydrogens (tertiary/aromatic N) is 1. The Labute approximate surface area is 164 Å². The maximum Gasteiger partial charge on any atom is 0.305 e. The summed E-state index contributed by atoms with van der Waals surface area (Å²) in [6.45, 7) is 4.05. The van der Waals surface area contributed by atoms with Crippen molar-refractivity contribution in [3.05, 3.63) is 70.2 Å². The zero-order valence-electron chi connectivity index (χ0n) is 15.5. The van der Waals surface area contributed by atoms with Gasteiger partial charge in [-0.1, -0.05) is 35.9 Å². The van der Waals surface area contributed by atoms with Crippen LogP contribution in [-0.2, 0) is 16.0 Å². The van der Waals surface area contributed by atoms with Crippen LogP contribution in [0.2, 0.25) is 5.02 Å². The van der Waals surface area contributed by atoms with Gasteiger partial charge in [0.2, 0.25) is 0 Å². The van der Waals surface area contributed by atoms with Gasteiger partial charge in [0.25, 0.3) is 5.91 Å². The minimum atomic E-state index is -0.290. The first-order valence-corrected chi connectivity index (χ1v) is 9.22. The van der Waals surface area contributed by atoms with Crippen molar-refractivity contribution in [1.29, 1.82) is 0 Å². The maximum absolute atomic E-state index is 12.1. The van der Waals surface area contributed by atoms with Gasteiger partial charge >= 0.3 is 5.97 Å². The fourth-order valence-electron chi connectivity index (χ4n) is 2.45. The van der Waals surface area contributed by atoms with Crippen LogP contribution in [0, 0.1) is 0 Å². The fourth-order valence-corrected chi connectivity index (χ4v) is 2.57. The Morgan fingerprint density at radius 1 is 1.04 bits per heavy atom. The molecule has 0 saturated heterocycles. The average molecular weight is 387 g/mol. The van der Waals surface area contributed by atoms with Gasteiger partial charge < -0.3 is 4.74 Å². The van der Waals surface area contributed by atoms with E-state index in [-0.39, 0.29) is 11.9 Å². The number of ether oxygens (including phenoxy) is 1. The molecule has 0 aromatic heterocycles. The lowest BCUT2D eigenvalue weighted by atomic mass is 10.0. The highest BCUT2D eigenvalue weighted by Gasteiger charge is 2.05. The second-order valence-electron chi connectivity index (χ2n) is 6.00. The van der Waals surface area contributed by atoms with E-state index in [9.17, 15) is 9.59 Å². The third-order valence-corrected chi connectivity index (χ3v) is 4.21. The van der Waals surface area contributed by atoms with Crippen LogP contribution in [0.3, 0.4) is 0 Å². The van der Waals surface area contributed by atoms with Crippen LogP contribution < -0.4 is 5.43 Å². The van der Waals surface area contributed by atoms with E-state index in [1.807, 2.05) is 31.2 Å². The molecule has 0 saturated carbocycles. The van der Waals surface area contributed by atoms with Gasteiger partial charge in [-0.2, -0.15) is 5.10 Å². The first kappa shape index (κ1) is 20.6. The normalized spacial score (nSPS) is 11.1. The zero-order chi connectivity index (χ0) is 19.6. The van der Waals surface area contributed by atoms with Gasteiger partial charge in [-0.05, 0) is 62.1 Å². The summed E-state index contributed by atoms with van der Waals surface area (Å²) in [4.78, 5) is 23.4. The van der Waals surface area contributed by atoms with Crippen LogP contribution in [0.25, 0.3) is 0 Å². The largest absolute Gasteiger partial charge is 0.466 e. The predicted octanol–water partition coefficient (Wildman–Crippen LogP) is 4.38. The highest BCUT2D eigenvalue weighted by molar-refractivity contribution is 6.30. The zero-order valence-corrected chi connectivity index (χ0v) is 16.3. The van der Waals surface area contributed by atoms with Crippen LogP contribution in [0.1, 0.15) is 48.2 Å². The van der Waals surface area contributed by atoms with Crippen molar-refractivity contribution >= 4 is 29.2 Å². The number of hydrazone groups is 1. The van der Waals surface area contributed by atoms with E-state index in [1.54, 1.807) is 31.2 Å². The molecule has 0 atom stereocenters. The molecule has 0 fully saturated rings. The Morgan fingerprint density at radius 2 is 1.67 bits per heavy atom. The van der Waals surface area contributed by atoms with Gasteiger partial charge in [0.1, 0.15) is 0 Å². The molecule has 2 rings (SSSR count). The number of benzene rings is 2. The van der Waals surface area contributed by atoms with E-state index in [4.69, 9.17) is 16.3 Å². The molecule has 1 amide bonds. The lowest BCUT2D eigenvalue weighted by Crippen LogP contribution is -2.19. The Balaban J connectivity index is 1.87. The number of carbonyl (C=O) groups excluding carboxylic acids is 2. The smallest absolute Gasteiger partial charge is 0.305 e. The number of halogens is 1. The quantitative estimate of drug-likeness (QED) is 0.416. The Kier molecular flexibility index (Phi) is 8.01. The number of amides is 1. The first-order valence-electron chi connectivity index (χ1n) is 8.84. The van der Waals surface area contributed by atoms with Crippen molar-refractivity contribution in [3.63, 3.8) is 0 Å². The molecule has 5 nitrogen and oxygen atoms in total. The molecule has 0 spiro atoms. The molecular weight excluding hydrogens is 364 g/mol. The van der Waals surface area contributed by atoms with E-state index in [0.717, 1.165) is 24.0 Å². The summed E-state index contributed by atoms with van der Waals surface area (Å²) in [5.41, 5.74) is 5.80. The van der Waals surface area contributed by atoms with Crippen LogP contribution >= 0.6 is 11.6 Å². The van der Waals surface area contributed by atoms with E-state index < -0.39 is 0 Å². The molecule has 2 aromatic carbocycles. The summed E-state index contributed by atoms with van der Waals surface area (Å²) in [6, 6.07) is 14.5. The van der Waals surface area contributed by atoms with Crippen molar-refractivity contribution in [3.8, 4) is 0 Å². The number of esters is 1. The second-order valence-corrected chi connectivity index (χ2v) is 6.44. The Bertz CT molecular complexity index is 799. The molecule has 0 aliphatic carbocycles. The summed E-state index contributed by atoms with van der Waals surface area (Å²) in [6.07, 6.45) is 1.98. The van der Waals surface area contributed by atoms with Gasteiger partial charge in [-0.15, -0.1) is 0 Å². The SMILES string of the molecule is CCOC(=O)CCCc1ccc(/C(C)=N/NC(=O)c2ccc(Cl)cc2)cc1. The molecule has 0 radical (unpaired) electrons. The van der Waals surface area contributed by atoms with Crippen LogP contribution in [0.4, 0.5) is 0 Å². The van der Waals surface area contributed by atoms with E-state index in [2.05, 4.69) is 10.5 Å². The number of hydrogen-bond donors (Lipinski definition) is 1. The second kappa shape index (κ2) is 10.5. The minimum Gasteiger partial charge on any atom is -0.466 e. The maximum atomic E-state index is 12.1. The van der Waals surface area contributed by atoms with Gasteiger partial charge in [-0.3, -0.25) is 9.59 Å². The van der Waals surface area contributed by atoms with Crippen molar-refractivity contribution < 1.29 is 14.3 Å². The molecule has 0 aliphatic rings. The van der Waals surface area contributed by atoms with Crippen molar-refractivity contribution in [2.75, 3.05) is 6.61 Å². The molecule has 0 aliphatic heterocycles. The lowest BCUT2D eigenvalue weighted by Gasteiger charge is -2.06. The minimum absolute atomic E-state index is 0.159. The van der Waals surface area contributed by atoms with Crippen LogP contribution in [0.5, 0.6) is 0 Å². The molecule has 0 bridgehead atoms. The summed E-state index contributed by atoms with van der Waals surface area (Å²) >= 11 is 5.82. The third-order valence-electron chi connectivity index (χ3n) is 3.95. The monoisotopic (exact) mass is 386 g/mol. The number of nitrogens with one attached hydrogen (secondary N) is 1. The van der Waals surface area contributed by atoms with Crippen molar-refractivity contribution in [2.45, 2.75) is 33.1 Å². The molecule has 142 valence electrons. The van der Waals surface area contributed by atoms with Gasteiger partial charge in [0.05, 0.1) is 12.3 Å². The standard InChI is InChI=1S/C21H23ClN2O3/c1-3-27-20(25)6-4-5-16-7-9-17(10-8-16)15(2)23-24-21(26)18-11-13-19(22)14-12-18/h7-14H,3-6H2,1-2H3,(H,24,26)/b23-15+. The highest BCUT2D eigenvalue weighted by atomic mass is 35.5. The summed E-state index contributed by atoms with van der Waals surface area (Å²) in [7, 11) is 0. The topological polar surface area (TPSA) is 67.8 Å². The van der Waals surface area contributed by atoms with Crippen LogP contribution in [-0.4, -0.2) is 24.2 Å². The highest BCUT2D eigenvalue weighted by Crippen LogP contribution is 2.11. The molecule has 27 heavy (non-hydrogen) atoms. The summed E-state index contributed by atoms with van der Waals surface area (Å²) in [5, 5.41) is 4.73. The summed E-state index contributed by atoms with van der Waals surface area (Å²) in [5.74, 6) is -0.449. The number of hydrogen-bond acceptors (Lipinski definition) is 4. The van der Waals surface area contributed by atoms with Gasteiger partial charge in [0.15, 0.2) is 0 Å². The lowest BCUT2D eigenvalue weighted by molar-refractivity contribution is -0.143. The van der Waals surface area contributed by atoms with Gasteiger partial charge in [-0.25, -0.2) is 5.43 Å². The van der Waals surface area contributed by atoms with Gasteiger partial charge in [0, 0.05) is 17.0 Å². The molecule has 6 heteroatoms. The molecule has 2 aromatic rings.